The molecule has 0 radical (unpaired) electrons. The van der Waals surface area contributed by atoms with Crippen molar-refractivity contribution in [2.75, 3.05) is 0 Å². The lowest BCUT2D eigenvalue weighted by Gasteiger charge is -2.29. The molecule has 0 spiro atoms. The average molecular weight is 174 g/mol. The second-order valence-corrected chi connectivity index (χ2v) is 4.46. The van der Waals surface area contributed by atoms with Crippen molar-refractivity contribution in [1.29, 1.82) is 0 Å². The predicted octanol–water partition coefficient (Wildman–Crippen LogP) is 2.49. The molecule has 0 amide bonds. The van der Waals surface area contributed by atoms with E-state index in [2.05, 4.69) is 18.2 Å². The average Bonchev–Trinajstić information content (AvgIpc) is 2.70. The van der Waals surface area contributed by atoms with Gasteiger partial charge in [-0.15, -0.1) is 0 Å². The van der Waals surface area contributed by atoms with Crippen molar-refractivity contribution in [3.8, 4) is 0 Å². The SMILES string of the molecule is O=C1CC[C@@H]2C1=CC[C@H]1CC=C[C@H]12. The van der Waals surface area contributed by atoms with Crippen LogP contribution in [-0.4, -0.2) is 5.78 Å². The van der Waals surface area contributed by atoms with E-state index in [9.17, 15) is 4.79 Å². The van der Waals surface area contributed by atoms with Crippen LogP contribution in [0.2, 0.25) is 0 Å². The standard InChI is InChI=1S/C12H14O/c13-12-7-6-10-9-3-1-2-8(9)4-5-11(10)12/h1,3,5,8-10H,2,4,6-7H2/t8-,9-,10+/m1/s1. The van der Waals surface area contributed by atoms with Gasteiger partial charge in [-0.25, -0.2) is 0 Å². The van der Waals surface area contributed by atoms with E-state index in [0.29, 0.717) is 17.6 Å². The molecule has 0 bridgehead atoms. The second-order valence-electron chi connectivity index (χ2n) is 4.46. The first kappa shape index (κ1) is 7.54. The summed E-state index contributed by atoms with van der Waals surface area (Å²) < 4.78 is 0. The fourth-order valence-electron chi connectivity index (χ4n) is 3.18. The summed E-state index contributed by atoms with van der Waals surface area (Å²) in [7, 11) is 0. The van der Waals surface area contributed by atoms with E-state index in [1.165, 1.54) is 6.42 Å². The summed E-state index contributed by atoms with van der Waals surface area (Å²) in [5.41, 5.74) is 1.16. The number of ketones is 1. The molecule has 1 heteroatoms. The maximum Gasteiger partial charge on any atom is 0.158 e. The Balaban J connectivity index is 1.98. The Morgan fingerprint density at radius 1 is 1.31 bits per heavy atom. The fourth-order valence-corrected chi connectivity index (χ4v) is 3.18. The van der Waals surface area contributed by atoms with Gasteiger partial charge < -0.3 is 0 Å². The van der Waals surface area contributed by atoms with Gasteiger partial charge in [-0.05, 0) is 42.6 Å². The molecular weight excluding hydrogens is 160 g/mol. The lowest BCUT2D eigenvalue weighted by molar-refractivity contribution is -0.114. The van der Waals surface area contributed by atoms with E-state index in [1.807, 2.05) is 0 Å². The molecule has 1 nitrogen and oxygen atoms in total. The van der Waals surface area contributed by atoms with E-state index in [-0.39, 0.29) is 0 Å². The van der Waals surface area contributed by atoms with Gasteiger partial charge in [0.2, 0.25) is 0 Å². The largest absolute Gasteiger partial charge is 0.295 e. The Bertz CT molecular complexity index is 311. The van der Waals surface area contributed by atoms with Crippen LogP contribution in [0.3, 0.4) is 0 Å². The van der Waals surface area contributed by atoms with Crippen LogP contribution in [0.25, 0.3) is 0 Å². The Labute approximate surface area is 78.5 Å². The maximum absolute atomic E-state index is 11.5. The Kier molecular flexibility index (Phi) is 1.49. The zero-order valence-corrected chi connectivity index (χ0v) is 7.70. The molecule has 1 fully saturated rings. The van der Waals surface area contributed by atoms with Crippen LogP contribution in [0, 0.1) is 17.8 Å². The molecule has 0 aromatic carbocycles. The predicted molar refractivity (Wildman–Crippen MR) is 51.2 cm³/mol. The van der Waals surface area contributed by atoms with Gasteiger partial charge in [-0.3, -0.25) is 4.79 Å². The summed E-state index contributed by atoms with van der Waals surface area (Å²) in [5.74, 6) is 2.53. The highest BCUT2D eigenvalue weighted by molar-refractivity contribution is 5.98. The molecule has 0 N–H and O–H groups in total. The third-order valence-electron chi connectivity index (χ3n) is 3.85. The van der Waals surface area contributed by atoms with Crippen molar-refractivity contribution in [2.45, 2.75) is 25.7 Å². The summed E-state index contributed by atoms with van der Waals surface area (Å²) in [5, 5.41) is 0. The molecule has 3 atom stereocenters. The second kappa shape index (κ2) is 2.57. The quantitative estimate of drug-likeness (QED) is 0.516. The Morgan fingerprint density at radius 3 is 3.15 bits per heavy atom. The van der Waals surface area contributed by atoms with Crippen LogP contribution in [-0.2, 0) is 4.79 Å². The van der Waals surface area contributed by atoms with Crippen LogP contribution in [0.5, 0.6) is 0 Å². The van der Waals surface area contributed by atoms with E-state index in [0.717, 1.165) is 30.8 Å². The van der Waals surface area contributed by atoms with Gasteiger partial charge in [0.1, 0.15) is 0 Å². The van der Waals surface area contributed by atoms with Crippen LogP contribution < -0.4 is 0 Å². The minimum atomic E-state index is 0.420. The highest BCUT2D eigenvalue weighted by atomic mass is 16.1. The van der Waals surface area contributed by atoms with Crippen molar-refractivity contribution in [1.82, 2.24) is 0 Å². The monoisotopic (exact) mass is 174 g/mol. The number of allylic oxidation sites excluding steroid dienone is 4. The molecule has 0 saturated heterocycles. The number of carbonyl (C=O) groups excluding carboxylic acids is 1. The summed E-state index contributed by atoms with van der Waals surface area (Å²) >= 11 is 0. The lowest BCUT2D eigenvalue weighted by Crippen LogP contribution is -2.22. The van der Waals surface area contributed by atoms with E-state index < -0.39 is 0 Å². The number of hydrogen-bond donors (Lipinski definition) is 0. The number of hydrogen-bond acceptors (Lipinski definition) is 1. The van der Waals surface area contributed by atoms with E-state index >= 15 is 0 Å². The third kappa shape index (κ3) is 0.962. The normalized spacial score (nSPS) is 41.7. The van der Waals surface area contributed by atoms with Gasteiger partial charge in [-0.2, -0.15) is 0 Å². The molecule has 3 aliphatic rings. The van der Waals surface area contributed by atoms with E-state index in [1.54, 1.807) is 0 Å². The molecule has 0 unspecified atom stereocenters. The summed E-state index contributed by atoms with van der Waals surface area (Å²) in [6.45, 7) is 0. The first-order chi connectivity index (χ1) is 6.36. The molecule has 13 heavy (non-hydrogen) atoms. The highest BCUT2D eigenvalue weighted by Crippen LogP contribution is 2.46. The van der Waals surface area contributed by atoms with Crippen molar-refractivity contribution < 1.29 is 4.79 Å². The first-order valence-electron chi connectivity index (χ1n) is 5.26. The van der Waals surface area contributed by atoms with E-state index in [4.69, 9.17) is 0 Å². The van der Waals surface area contributed by atoms with Crippen molar-refractivity contribution in [2.24, 2.45) is 17.8 Å². The Morgan fingerprint density at radius 2 is 2.23 bits per heavy atom. The summed E-state index contributed by atoms with van der Waals surface area (Å²) in [6, 6.07) is 0. The molecule has 0 aromatic heterocycles. The number of Topliss-reactive ketones (excluding diaryl/α,β-unsaturated/α-hetero) is 1. The first-order valence-corrected chi connectivity index (χ1v) is 5.26. The molecule has 3 rings (SSSR count). The number of fused-ring (bicyclic) bond motifs is 3. The molecule has 1 saturated carbocycles. The summed E-state index contributed by atoms with van der Waals surface area (Å²) in [6.07, 6.45) is 11.1. The van der Waals surface area contributed by atoms with Crippen LogP contribution in [0.1, 0.15) is 25.7 Å². The lowest BCUT2D eigenvalue weighted by atomic mass is 9.75. The van der Waals surface area contributed by atoms with Gasteiger partial charge in [0.15, 0.2) is 5.78 Å². The molecule has 0 heterocycles. The molecule has 0 aliphatic heterocycles. The fraction of sp³-hybridized carbons (Fsp3) is 0.583. The van der Waals surface area contributed by atoms with Crippen LogP contribution >= 0.6 is 0 Å². The van der Waals surface area contributed by atoms with Gasteiger partial charge in [0.25, 0.3) is 0 Å². The molecular formula is C12H14O. The summed E-state index contributed by atoms with van der Waals surface area (Å²) in [4.78, 5) is 11.5. The third-order valence-corrected chi connectivity index (χ3v) is 3.85. The zero-order chi connectivity index (χ0) is 8.84. The van der Waals surface area contributed by atoms with Gasteiger partial charge in [0, 0.05) is 6.42 Å². The van der Waals surface area contributed by atoms with Crippen molar-refractivity contribution in [3.63, 3.8) is 0 Å². The smallest absolute Gasteiger partial charge is 0.158 e. The number of rotatable bonds is 0. The number of carbonyl (C=O) groups is 1. The van der Waals surface area contributed by atoms with Gasteiger partial charge >= 0.3 is 0 Å². The van der Waals surface area contributed by atoms with Crippen LogP contribution in [0.15, 0.2) is 23.8 Å². The van der Waals surface area contributed by atoms with Crippen molar-refractivity contribution >= 4 is 5.78 Å². The highest BCUT2D eigenvalue weighted by Gasteiger charge is 2.40. The molecule has 3 aliphatic carbocycles. The maximum atomic E-state index is 11.5. The van der Waals surface area contributed by atoms with Crippen LogP contribution in [0.4, 0.5) is 0 Å². The molecule has 0 aromatic rings. The zero-order valence-electron chi connectivity index (χ0n) is 7.70. The Hall–Kier alpha value is -0.850. The minimum absolute atomic E-state index is 0.420. The van der Waals surface area contributed by atoms with Crippen molar-refractivity contribution in [3.05, 3.63) is 23.8 Å². The van der Waals surface area contributed by atoms with Gasteiger partial charge in [-0.1, -0.05) is 18.2 Å². The van der Waals surface area contributed by atoms with Gasteiger partial charge in [0.05, 0.1) is 0 Å². The molecule has 68 valence electrons. The minimum Gasteiger partial charge on any atom is -0.295 e. The topological polar surface area (TPSA) is 17.1 Å².